The fourth-order valence-electron chi connectivity index (χ4n) is 4.69. The van der Waals surface area contributed by atoms with Gasteiger partial charge in [0, 0.05) is 6.42 Å². The molecule has 154 valence electrons. The van der Waals surface area contributed by atoms with Crippen molar-refractivity contribution in [1.82, 2.24) is 0 Å². The second kappa shape index (κ2) is 10.2. The fraction of sp³-hybridized carbons (Fsp3) is 0.458. The second-order valence-corrected chi connectivity index (χ2v) is 8.08. The van der Waals surface area contributed by atoms with E-state index in [0.29, 0.717) is 18.5 Å². The Hall–Kier alpha value is -1.65. The van der Waals surface area contributed by atoms with E-state index in [1.165, 1.54) is 0 Å². The number of benzene rings is 2. The van der Waals surface area contributed by atoms with Crippen molar-refractivity contribution in [2.24, 2.45) is 5.73 Å². The predicted molar refractivity (Wildman–Crippen MR) is 113 cm³/mol. The Labute approximate surface area is 181 Å². The summed E-state index contributed by atoms with van der Waals surface area (Å²) >= 11 is 0. The van der Waals surface area contributed by atoms with Gasteiger partial charge in [0.15, 0.2) is 0 Å². The molecule has 0 unspecified atom stereocenters. The van der Waals surface area contributed by atoms with E-state index in [1.54, 1.807) is 0 Å². The van der Waals surface area contributed by atoms with Gasteiger partial charge in [0.1, 0.15) is 5.41 Å². The molecule has 2 aromatic rings. The summed E-state index contributed by atoms with van der Waals surface area (Å²) in [5, 5.41) is 0. The van der Waals surface area contributed by atoms with E-state index in [-0.39, 0.29) is 22.9 Å². The Kier molecular flexibility index (Phi) is 8.90. The average Bonchev–Trinajstić information content (AvgIpc) is 2.66. The Morgan fingerprint density at radius 1 is 0.893 bits per heavy atom. The van der Waals surface area contributed by atoms with Crippen LogP contribution in [0.25, 0.3) is 0 Å². The van der Waals surface area contributed by atoms with Crippen molar-refractivity contribution in [3.05, 3.63) is 71.8 Å². The van der Waals surface area contributed by atoms with Gasteiger partial charge in [-0.2, -0.15) is 0 Å². The highest BCUT2D eigenvalue weighted by atomic mass is 79.9. The van der Waals surface area contributed by atoms with Gasteiger partial charge in [0.2, 0.25) is 5.91 Å². The molecule has 2 aromatic carbocycles. The number of rotatable bonds is 9. The third-order valence-corrected chi connectivity index (χ3v) is 6.50. The first-order chi connectivity index (χ1) is 12.8. The summed E-state index contributed by atoms with van der Waals surface area (Å²) in [5.41, 5.74) is 7.25. The van der Waals surface area contributed by atoms with E-state index in [2.05, 4.69) is 34.6 Å². The minimum atomic E-state index is -0.815. The monoisotopic (exact) mass is 446 g/mol. The largest absolute Gasteiger partial charge is 1.00 e. The number of carbonyl (C=O) groups is 1. The highest BCUT2D eigenvalue weighted by Gasteiger charge is 2.44. The Bertz CT molecular complexity index is 681. The number of hydrogen-bond acceptors (Lipinski definition) is 1. The van der Waals surface area contributed by atoms with Crippen LogP contribution in [-0.2, 0) is 10.2 Å². The zero-order valence-electron chi connectivity index (χ0n) is 17.9. The lowest BCUT2D eigenvalue weighted by molar-refractivity contribution is -0.965. The van der Waals surface area contributed by atoms with Crippen LogP contribution in [0.4, 0.5) is 0 Å². The number of nitrogens with two attached hydrogens (primary N) is 1. The van der Waals surface area contributed by atoms with Crippen molar-refractivity contribution < 1.29 is 26.3 Å². The summed E-state index contributed by atoms with van der Waals surface area (Å²) in [4.78, 5) is 13.0. The van der Waals surface area contributed by atoms with Crippen LogP contribution in [-0.4, -0.2) is 35.6 Å². The maximum Gasteiger partial charge on any atom is 0.232 e. The Morgan fingerprint density at radius 2 is 1.29 bits per heavy atom. The molecule has 0 radical (unpaired) electrons. The molecule has 2 N–H and O–H groups in total. The van der Waals surface area contributed by atoms with Crippen LogP contribution in [0.3, 0.4) is 0 Å². The molecule has 0 aromatic heterocycles. The predicted octanol–water partition coefficient (Wildman–Crippen LogP) is 1.51. The molecule has 0 aliphatic heterocycles. The zero-order chi connectivity index (χ0) is 20.1. The van der Waals surface area contributed by atoms with Crippen molar-refractivity contribution in [3.63, 3.8) is 0 Å². The summed E-state index contributed by atoms with van der Waals surface area (Å²) in [6, 6.07) is 21.0. The maximum atomic E-state index is 13.0. The summed E-state index contributed by atoms with van der Waals surface area (Å²) < 4.78 is 0.967. The molecule has 0 fully saturated rings. The van der Waals surface area contributed by atoms with Crippen LogP contribution in [0.15, 0.2) is 60.7 Å². The van der Waals surface area contributed by atoms with Crippen LogP contribution >= 0.6 is 0 Å². The summed E-state index contributed by atoms with van der Waals surface area (Å²) in [7, 11) is 0. The lowest BCUT2D eigenvalue weighted by Gasteiger charge is -2.47. The van der Waals surface area contributed by atoms with Crippen molar-refractivity contribution in [2.45, 2.75) is 58.5 Å². The van der Waals surface area contributed by atoms with Gasteiger partial charge in [0.05, 0.1) is 25.2 Å². The molecule has 0 saturated heterocycles. The molecule has 3 nitrogen and oxygen atoms in total. The zero-order valence-corrected chi connectivity index (χ0v) is 19.4. The van der Waals surface area contributed by atoms with Gasteiger partial charge in [-0.25, -0.2) is 0 Å². The van der Waals surface area contributed by atoms with Crippen LogP contribution in [0.1, 0.15) is 52.2 Å². The Balaban J connectivity index is 0.00000392. The molecule has 1 amide bonds. The number of amides is 1. The molecule has 0 saturated carbocycles. The van der Waals surface area contributed by atoms with Gasteiger partial charge < -0.3 is 27.2 Å². The van der Waals surface area contributed by atoms with Crippen LogP contribution in [0, 0.1) is 0 Å². The van der Waals surface area contributed by atoms with Gasteiger partial charge >= 0.3 is 0 Å². The average molecular weight is 447 g/mol. The number of halogens is 1. The Morgan fingerprint density at radius 3 is 1.57 bits per heavy atom. The van der Waals surface area contributed by atoms with E-state index in [0.717, 1.165) is 28.7 Å². The lowest BCUT2D eigenvalue weighted by Crippen LogP contribution is -3.00. The van der Waals surface area contributed by atoms with Crippen LogP contribution < -0.4 is 22.7 Å². The van der Waals surface area contributed by atoms with Crippen molar-refractivity contribution >= 4 is 5.91 Å². The molecule has 0 atom stereocenters. The van der Waals surface area contributed by atoms with Gasteiger partial charge in [-0.1, -0.05) is 60.7 Å². The molecular weight excluding hydrogens is 412 g/mol. The first-order valence-corrected chi connectivity index (χ1v) is 10.1. The van der Waals surface area contributed by atoms with Crippen molar-refractivity contribution in [2.75, 3.05) is 13.1 Å². The topological polar surface area (TPSA) is 43.1 Å². The number of primary amides is 1. The minimum Gasteiger partial charge on any atom is -1.00 e. The number of hydrogen-bond donors (Lipinski definition) is 1. The molecule has 0 aliphatic rings. The second-order valence-electron chi connectivity index (χ2n) is 8.08. The molecule has 0 spiro atoms. The van der Waals surface area contributed by atoms with Crippen molar-refractivity contribution in [1.29, 1.82) is 0 Å². The standard InChI is InChI=1S/C24H34N2O.BrH/c1-6-26(19(2)3,20(4)5)18-17-24(23(25)27,21-13-9-7-10-14-21)22-15-11-8-12-16-22;/h7-16,19-20H,6,17-18H2,1-5H3,(H-,25,27);1H. The van der Waals surface area contributed by atoms with Gasteiger partial charge in [-0.05, 0) is 45.7 Å². The maximum absolute atomic E-state index is 13.0. The molecule has 28 heavy (non-hydrogen) atoms. The van der Waals surface area contributed by atoms with E-state index < -0.39 is 5.41 Å². The quantitative estimate of drug-likeness (QED) is 0.582. The third-order valence-electron chi connectivity index (χ3n) is 6.50. The first kappa shape index (κ1) is 24.4. The fourth-order valence-corrected chi connectivity index (χ4v) is 4.69. The lowest BCUT2D eigenvalue weighted by atomic mass is 9.71. The van der Waals surface area contributed by atoms with Gasteiger partial charge in [-0.15, -0.1) is 0 Å². The van der Waals surface area contributed by atoms with Gasteiger partial charge in [-0.3, -0.25) is 4.79 Å². The summed E-state index contributed by atoms with van der Waals surface area (Å²) in [6.07, 6.45) is 0.695. The number of carbonyl (C=O) groups excluding carboxylic acids is 1. The summed E-state index contributed by atoms with van der Waals surface area (Å²) in [6.45, 7) is 13.3. The SMILES string of the molecule is CC[N+](CCC(C(N)=O)(c1ccccc1)c1ccccc1)(C(C)C)C(C)C.[Br-]. The molecule has 0 bridgehead atoms. The molecular formula is C24H35BrN2O. The smallest absolute Gasteiger partial charge is 0.232 e. The molecule has 0 heterocycles. The number of nitrogens with zero attached hydrogens (tertiary/aromatic N) is 1. The van der Waals surface area contributed by atoms with Crippen LogP contribution in [0.5, 0.6) is 0 Å². The molecule has 0 aliphatic carbocycles. The van der Waals surface area contributed by atoms with E-state index in [1.807, 2.05) is 60.7 Å². The highest BCUT2D eigenvalue weighted by Crippen LogP contribution is 2.37. The van der Waals surface area contributed by atoms with E-state index in [4.69, 9.17) is 5.73 Å². The van der Waals surface area contributed by atoms with Crippen LogP contribution in [0.2, 0.25) is 0 Å². The minimum absolute atomic E-state index is 0. The number of quaternary nitrogens is 1. The first-order valence-electron chi connectivity index (χ1n) is 10.1. The normalized spacial score (nSPS) is 12.1. The summed E-state index contributed by atoms with van der Waals surface area (Å²) in [5.74, 6) is -0.276. The highest BCUT2D eigenvalue weighted by molar-refractivity contribution is 5.90. The van der Waals surface area contributed by atoms with E-state index >= 15 is 0 Å². The van der Waals surface area contributed by atoms with E-state index in [9.17, 15) is 4.79 Å². The van der Waals surface area contributed by atoms with Crippen molar-refractivity contribution in [3.8, 4) is 0 Å². The molecule has 2 rings (SSSR count). The third kappa shape index (κ3) is 4.49. The molecule has 4 heteroatoms. The van der Waals surface area contributed by atoms with Gasteiger partial charge in [0.25, 0.3) is 0 Å².